The second-order valence-electron chi connectivity index (χ2n) is 4.66. The summed E-state index contributed by atoms with van der Waals surface area (Å²) < 4.78 is 5.23. The number of nitrogens with one attached hydrogen (secondary N) is 1. The quantitative estimate of drug-likeness (QED) is 0.891. The molecule has 0 unspecified atom stereocenters. The predicted octanol–water partition coefficient (Wildman–Crippen LogP) is 1.45. The number of ether oxygens (including phenoxy) is 1. The van der Waals surface area contributed by atoms with Crippen molar-refractivity contribution in [2.45, 2.75) is 31.7 Å². The maximum atomic E-state index is 12.2. The molecule has 0 bridgehead atoms. The maximum absolute atomic E-state index is 12.2. The summed E-state index contributed by atoms with van der Waals surface area (Å²) in [6.07, 6.45) is 3.50. The van der Waals surface area contributed by atoms with Gasteiger partial charge in [0.15, 0.2) is 0 Å². The first-order chi connectivity index (χ1) is 9.19. The Balaban J connectivity index is 2.13. The predicted molar refractivity (Wildman–Crippen MR) is 69.5 cm³/mol. The van der Waals surface area contributed by atoms with Crippen molar-refractivity contribution in [2.24, 2.45) is 0 Å². The lowest BCUT2D eigenvalue weighted by Gasteiger charge is -2.31. The fourth-order valence-electron chi connectivity index (χ4n) is 2.08. The summed E-state index contributed by atoms with van der Waals surface area (Å²) in [7, 11) is 0. The zero-order valence-electron chi connectivity index (χ0n) is 11.0. The highest BCUT2D eigenvalue weighted by Gasteiger charge is 2.34. The molecule has 1 fully saturated rings. The number of amides is 1. The normalized spacial score (nSPS) is 17.5. The molecule has 19 heavy (non-hydrogen) atoms. The molecule has 2 rings (SSSR count). The molecule has 5 nitrogen and oxygen atoms in total. The number of carbonyl (C=O) groups excluding carboxylic acids is 1. The van der Waals surface area contributed by atoms with Crippen LogP contribution in [0, 0.1) is 11.3 Å². The Bertz CT molecular complexity index is 502. The van der Waals surface area contributed by atoms with Crippen molar-refractivity contribution < 1.29 is 9.53 Å². The van der Waals surface area contributed by atoms with Gasteiger partial charge in [0, 0.05) is 32.3 Å². The van der Waals surface area contributed by atoms with E-state index < -0.39 is 5.54 Å². The van der Waals surface area contributed by atoms with Gasteiger partial charge in [0.05, 0.1) is 6.07 Å². The van der Waals surface area contributed by atoms with E-state index in [1.54, 1.807) is 12.3 Å². The lowest BCUT2D eigenvalue weighted by molar-refractivity contribution is 0.0529. The second-order valence-corrected chi connectivity index (χ2v) is 4.66. The van der Waals surface area contributed by atoms with Gasteiger partial charge in [-0.2, -0.15) is 5.26 Å². The summed E-state index contributed by atoms with van der Waals surface area (Å²) in [4.78, 5) is 16.2. The van der Waals surface area contributed by atoms with Crippen molar-refractivity contribution in [3.05, 3.63) is 29.6 Å². The molecule has 0 radical (unpaired) electrons. The van der Waals surface area contributed by atoms with E-state index in [0.29, 0.717) is 31.7 Å². The fourth-order valence-corrected chi connectivity index (χ4v) is 2.08. The summed E-state index contributed by atoms with van der Waals surface area (Å²) in [5, 5.41) is 12.1. The molecule has 2 heterocycles. The molecule has 0 aromatic carbocycles. The first kappa shape index (κ1) is 13.5. The molecule has 1 aliphatic heterocycles. The molecule has 1 aliphatic rings. The molecular formula is C14H17N3O2. The van der Waals surface area contributed by atoms with E-state index in [1.807, 2.05) is 13.0 Å². The third-order valence-electron chi connectivity index (χ3n) is 3.38. The number of carbonyl (C=O) groups is 1. The highest BCUT2D eigenvalue weighted by molar-refractivity contribution is 5.93. The number of hydrogen-bond acceptors (Lipinski definition) is 4. The van der Waals surface area contributed by atoms with Crippen LogP contribution >= 0.6 is 0 Å². The summed E-state index contributed by atoms with van der Waals surface area (Å²) in [6, 6.07) is 5.85. The van der Waals surface area contributed by atoms with Crippen molar-refractivity contribution in [3.63, 3.8) is 0 Å². The number of rotatable bonds is 3. The Labute approximate surface area is 112 Å². The van der Waals surface area contributed by atoms with Crippen LogP contribution in [0.15, 0.2) is 18.3 Å². The Morgan fingerprint density at radius 2 is 2.32 bits per heavy atom. The van der Waals surface area contributed by atoms with Crippen LogP contribution in [0.3, 0.4) is 0 Å². The lowest BCUT2D eigenvalue weighted by atomic mass is 9.91. The van der Waals surface area contributed by atoms with Crippen molar-refractivity contribution >= 4 is 5.91 Å². The Hall–Kier alpha value is -1.93. The molecule has 100 valence electrons. The lowest BCUT2D eigenvalue weighted by Crippen LogP contribution is -2.51. The first-order valence-electron chi connectivity index (χ1n) is 6.45. The highest BCUT2D eigenvalue weighted by Crippen LogP contribution is 2.20. The van der Waals surface area contributed by atoms with Gasteiger partial charge in [0.2, 0.25) is 0 Å². The standard InChI is InChI=1S/C14H17N3O2/c1-2-11-3-6-16-12(9-11)13(18)17-14(10-15)4-7-19-8-5-14/h3,6,9H,2,4-5,7-8H2,1H3,(H,17,18). The molecule has 1 N–H and O–H groups in total. The van der Waals surface area contributed by atoms with Gasteiger partial charge in [-0.1, -0.05) is 6.92 Å². The van der Waals surface area contributed by atoms with Crippen LogP contribution < -0.4 is 5.32 Å². The van der Waals surface area contributed by atoms with Crippen LogP contribution in [0.2, 0.25) is 0 Å². The van der Waals surface area contributed by atoms with E-state index in [1.165, 1.54) is 0 Å². The monoisotopic (exact) mass is 259 g/mol. The first-order valence-corrected chi connectivity index (χ1v) is 6.45. The van der Waals surface area contributed by atoms with Crippen LogP contribution in [0.5, 0.6) is 0 Å². The van der Waals surface area contributed by atoms with Gasteiger partial charge in [0.25, 0.3) is 5.91 Å². The molecule has 0 spiro atoms. The largest absolute Gasteiger partial charge is 0.381 e. The van der Waals surface area contributed by atoms with E-state index in [0.717, 1.165) is 12.0 Å². The zero-order valence-corrected chi connectivity index (χ0v) is 11.0. The number of nitrogens with zero attached hydrogens (tertiary/aromatic N) is 2. The van der Waals surface area contributed by atoms with Crippen molar-refractivity contribution in [1.82, 2.24) is 10.3 Å². The maximum Gasteiger partial charge on any atom is 0.271 e. The number of nitriles is 1. The number of aromatic nitrogens is 1. The topological polar surface area (TPSA) is 75.0 Å². The fraction of sp³-hybridized carbons (Fsp3) is 0.500. The van der Waals surface area contributed by atoms with Crippen LogP contribution in [0.25, 0.3) is 0 Å². The van der Waals surface area contributed by atoms with E-state index in [4.69, 9.17) is 4.74 Å². The summed E-state index contributed by atoms with van der Waals surface area (Å²) in [5.41, 5.74) is 0.595. The van der Waals surface area contributed by atoms with Crippen LogP contribution in [0.4, 0.5) is 0 Å². The van der Waals surface area contributed by atoms with E-state index >= 15 is 0 Å². The minimum absolute atomic E-state index is 0.293. The smallest absolute Gasteiger partial charge is 0.271 e. The molecule has 1 aromatic rings. The molecule has 0 saturated carbocycles. The third kappa shape index (κ3) is 3.09. The van der Waals surface area contributed by atoms with Crippen LogP contribution in [-0.2, 0) is 11.2 Å². The van der Waals surface area contributed by atoms with Gasteiger partial charge in [-0.05, 0) is 24.1 Å². The molecule has 5 heteroatoms. The number of hydrogen-bond donors (Lipinski definition) is 1. The molecule has 0 atom stereocenters. The second kappa shape index (κ2) is 5.81. The highest BCUT2D eigenvalue weighted by atomic mass is 16.5. The molecular weight excluding hydrogens is 242 g/mol. The van der Waals surface area contributed by atoms with Crippen LogP contribution in [0.1, 0.15) is 35.8 Å². The Morgan fingerprint density at radius 3 is 2.95 bits per heavy atom. The Morgan fingerprint density at radius 1 is 1.58 bits per heavy atom. The minimum Gasteiger partial charge on any atom is -0.381 e. The average molecular weight is 259 g/mol. The summed E-state index contributed by atoms with van der Waals surface area (Å²) in [6.45, 7) is 3.01. The van der Waals surface area contributed by atoms with Crippen molar-refractivity contribution in [1.29, 1.82) is 5.26 Å². The summed E-state index contributed by atoms with van der Waals surface area (Å²) in [5.74, 6) is -0.293. The van der Waals surface area contributed by atoms with Gasteiger partial charge in [-0.15, -0.1) is 0 Å². The van der Waals surface area contributed by atoms with Crippen molar-refractivity contribution in [2.75, 3.05) is 13.2 Å². The van der Waals surface area contributed by atoms with Gasteiger partial charge < -0.3 is 10.1 Å². The number of aryl methyl sites for hydroxylation is 1. The molecule has 1 aromatic heterocycles. The average Bonchev–Trinajstić information content (AvgIpc) is 2.48. The van der Waals surface area contributed by atoms with Crippen LogP contribution in [-0.4, -0.2) is 29.6 Å². The van der Waals surface area contributed by atoms with Crippen molar-refractivity contribution in [3.8, 4) is 6.07 Å². The van der Waals surface area contributed by atoms with E-state index in [-0.39, 0.29) is 5.91 Å². The zero-order chi connectivity index (χ0) is 13.7. The van der Waals surface area contributed by atoms with E-state index in [9.17, 15) is 10.1 Å². The van der Waals surface area contributed by atoms with Gasteiger partial charge >= 0.3 is 0 Å². The number of pyridine rings is 1. The van der Waals surface area contributed by atoms with Gasteiger partial charge in [-0.25, -0.2) is 0 Å². The van der Waals surface area contributed by atoms with Gasteiger partial charge in [-0.3, -0.25) is 9.78 Å². The Kier molecular flexibility index (Phi) is 4.13. The summed E-state index contributed by atoms with van der Waals surface area (Å²) >= 11 is 0. The minimum atomic E-state index is -0.820. The van der Waals surface area contributed by atoms with Gasteiger partial charge in [0.1, 0.15) is 11.2 Å². The SMILES string of the molecule is CCc1ccnc(C(=O)NC2(C#N)CCOCC2)c1. The van der Waals surface area contributed by atoms with E-state index in [2.05, 4.69) is 16.4 Å². The molecule has 0 aliphatic carbocycles. The molecule has 1 saturated heterocycles. The third-order valence-corrected chi connectivity index (χ3v) is 3.38. The molecule has 1 amide bonds.